The number of carbonyl (C=O) groups is 3. The Kier molecular flexibility index (Phi) is 7.70. The van der Waals surface area contributed by atoms with Gasteiger partial charge in [-0.2, -0.15) is 0 Å². The summed E-state index contributed by atoms with van der Waals surface area (Å²) in [5.41, 5.74) is 0. The largest absolute Gasteiger partial charge is 0.481 e. The highest BCUT2D eigenvalue weighted by atomic mass is 16.5. The first-order valence-electron chi connectivity index (χ1n) is 5.18. The van der Waals surface area contributed by atoms with Crippen molar-refractivity contribution in [1.82, 2.24) is 10.2 Å². The number of methoxy groups -OCH3 is 1. The van der Waals surface area contributed by atoms with Gasteiger partial charge in [-0.15, -0.1) is 0 Å². The third-order valence-electron chi connectivity index (χ3n) is 1.99. The van der Waals surface area contributed by atoms with E-state index in [1.807, 2.05) is 0 Å². The Labute approximate surface area is 99.7 Å². The lowest BCUT2D eigenvalue weighted by molar-refractivity contribution is -0.141. The zero-order chi connectivity index (χ0) is 13.3. The Morgan fingerprint density at radius 1 is 1.29 bits per heavy atom. The summed E-state index contributed by atoms with van der Waals surface area (Å²) in [7, 11) is 2.98. The number of nitrogens with one attached hydrogen (secondary N) is 1. The summed E-state index contributed by atoms with van der Waals surface area (Å²) >= 11 is 0. The molecule has 0 aromatic rings. The van der Waals surface area contributed by atoms with Gasteiger partial charge in [0.25, 0.3) is 0 Å². The molecule has 0 aliphatic heterocycles. The molecule has 0 unspecified atom stereocenters. The van der Waals surface area contributed by atoms with Crippen LogP contribution in [0.3, 0.4) is 0 Å². The topological polar surface area (TPSA) is 95.9 Å². The fraction of sp³-hybridized carbons (Fsp3) is 0.700. The molecule has 0 aliphatic carbocycles. The van der Waals surface area contributed by atoms with Gasteiger partial charge in [0.05, 0.1) is 19.6 Å². The van der Waals surface area contributed by atoms with Crippen molar-refractivity contribution < 1.29 is 24.2 Å². The number of ether oxygens (including phenoxy) is 1. The molecular formula is C10H18N2O5. The number of rotatable bonds is 8. The number of carboxylic acid groups (broad SMARTS) is 1. The van der Waals surface area contributed by atoms with Crippen LogP contribution in [0.5, 0.6) is 0 Å². The molecule has 7 heteroatoms. The molecule has 0 fully saturated rings. The average molecular weight is 246 g/mol. The lowest BCUT2D eigenvalue weighted by atomic mass is 10.3. The smallest absolute Gasteiger partial charge is 0.303 e. The minimum atomic E-state index is -1.03. The maximum absolute atomic E-state index is 11.4. The van der Waals surface area contributed by atoms with Crippen LogP contribution in [-0.4, -0.2) is 61.6 Å². The molecule has 0 aromatic carbocycles. The van der Waals surface area contributed by atoms with Gasteiger partial charge in [-0.25, -0.2) is 0 Å². The number of hydrogen-bond acceptors (Lipinski definition) is 4. The van der Waals surface area contributed by atoms with E-state index in [1.54, 1.807) is 0 Å². The maximum atomic E-state index is 11.4. The highest BCUT2D eigenvalue weighted by Gasteiger charge is 2.13. The molecule has 0 aromatic heterocycles. The van der Waals surface area contributed by atoms with Gasteiger partial charge in [-0.3, -0.25) is 14.4 Å². The fourth-order valence-corrected chi connectivity index (χ4v) is 1.06. The molecule has 98 valence electrons. The van der Waals surface area contributed by atoms with E-state index in [4.69, 9.17) is 9.84 Å². The molecule has 17 heavy (non-hydrogen) atoms. The standard InChI is InChI=1S/C10H18N2O5/c1-12(9(14)3-4-10(15)16)7-8(13)11-5-6-17-2/h3-7H2,1-2H3,(H,11,13)(H,15,16). The van der Waals surface area contributed by atoms with E-state index in [-0.39, 0.29) is 31.2 Å². The van der Waals surface area contributed by atoms with Crippen LogP contribution in [0.4, 0.5) is 0 Å². The van der Waals surface area contributed by atoms with Crippen LogP contribution in [-0.2, 0) is 19.1 Å². The highest BCUT2D eigenvalue weighted by molar-refractivity contribution is 5.86. The van der Waals surface area contributed by atoms with Gasteiger partial charge < -0.3 is 20.1 Å². The number of aliphatic carboxylic acids is 1. The fourth-order valence-electron chi connectivity index (χ4n) is 1.06. The summed E-state index contributed by atoms with van der Waals surface area (Å²) in [5, 5.41) is 11.0. The van der Waals surface area contributed by atoms with Gasteiger partial charge in [0.2, 0.25) is 11.8 Å². The summed E-state index contributed by atoms with van der Waals surface area (Å²) in [6.07, 6.45) is -0.328. The molecule has 0 bridgehead atoms. The summed E-state index contributed by atoms with van der Waals surface area (Å²) in [6.45, 7) is 0.705. The molecule has 0 atom stereocenters. The first-order chi connectivity index (χ1) is 7.97. The Hall–Kier alpha value is -1.63. The van der Waals surface area contributed by atoms with Crippen LogP contribution < -0.4 is 5.32 Å². The number of carboxylic acids is 1. The Morgan fingerprint density at radius 2 is 1.94 bits per heavy atom. The highest BCUT2D eigenvalue weighted by Crippen LogP contribution is 1.95. The van der Waals surface area contributed by atoms with Gasteiger partial charge in [-0.1, -0.05) is 0 Å². The van der Waals surface area contributed by atoms with Crippen LogP contribution >= 0.6 is 0 Å². The first kappa shape index (κ1) is 15.4. The molecule has 7 nitrogen and oxygen atoms in total. The molecule has 0 saturated heterocycles. The normalized spacial score (nSPS) is 9.76. The van der Waals surface area contributed by atoms with Gasteiger partial charge >= 0.3 is 5.97 Å². The molecule has 0 saturated carbocycles. The van der Waals surface area contributed by atoms with E-state index in [0.29, 0.717) is 13.2 Å². The second-order valence-electron chi connectivity index (χ2n) is 3.49. The van der Waals surface area contributed by atoms with E-state index in [0.717, 1.165) is 0 Å². The zero-order valence-corrected chi connectivity index (χ0v) is 10.1. The number of likely N-dealkylation sites (N-methyl/N-ethyl adjacent to an activating group) is 1. The van der Waals surface area contributed by atoms with Gasteiger partial charge in [0.1, 0.15) is 0 Å². The molecule has 2 N–H and O–H groups in total. The van der Waals surface area contributed by atoms with E-state index in [1.165, 1.54) is 19.1 Å². The lowest BCUT2D eigenvalue weighted by Gasteiger charge is -2.16. The molecule has 2 amide bonds. The number of hydrogen-bond donors (Lipinski definition) is 2. The van der Waals surface area contributed by atoms with Crippen LogP contribution in [0.25, 0.3) is 0 Å². The van der Waals surface area contributed by atoms with Crippen LogP contribution in [0.15, 0.2) is 0 Å². The quantitative estimate of drug-likeness (QED) is 0.539. The molecular weight excluding hydrogens is 228 g/mol. The van der Waals surface area contributed by atoms with Crippen molar-refractivity contribution in [3.8, 4) is 0 Å². The average Bonchev–Trinajstić information content (AvgIpc) is 2.26. The van der Waals surface area contributed by atoms with Crippen molar-refractivity contribution in [2.45, 2.75) is 12.8 Å². The van der Waals surface area contributed by atoms with Gasteiger partial charge in [0.15, 0.2) is 0 Å². The van der Waals surface area contributed by atoms with Crippen molar-refractivity contribution in [3.05, 3.63) is 0 Å². The second kappa shape index (κ2) is 8.51. The first-order valence-corrected chi connectivity index (χ1v) is 5.18. The van der Waals surface area contributed by atoms with E-state index < -0.39 is 5.97 Å². The summed E-state index contributed by atoms with van der Waals surface area (Å²) < 4.78 is 4.75. The lowest BCUT2D eigenvalue weighted by Crippen LogP contribution is -2.39. The molecule has 0 spiro atoms. The van der Waals surface area contributed by atoms with Crippen molar-refractivity contribution in [2.75, 3.05) is 33.9 Å². The van der Waals surface area contributed by atoms with Gasteiger partial charge in [0, 0.05) is 27.1 Å². The Balaban J connectivity index is 3.82. The van der Waals surface area contributed by atoms with Crippen LogP contribution in [0.2, 0.25) is 0 Å². The number of nitrogens with zero attached hydrogens (tertiary/aromatic N) is 1. The summed E-state index contributed by atoms with van der Waals surface area (Å²) in [5.74, 6) is -1.70. The van der Waals surface area contributed by atoms with Crippen molar-refractivity contribution in [3.63, 3.8) is 0 Å². The van der Waals surface area contributed by atoms with Crippen LogP contribution in [0.1, 0.15) is 12.8 Å². The summed E-state index contributed by atoms with van der Waals surface area (Å²) in [4.78, 5) is 34.1. The van der Waals surface area contributed by atoms with E-state index in [9.17, 15) is 14.4 Å². The van der Waals surface area contributed by atoms with Crippen molar-refractivity contribution in [2.24, 2.45) is 0 Å². The Bertz CT molecular complexity index is 280. The van der Waals surface area contributed by atoms with E-state index >= 15 is 0 Å². The van der Waals surface area contributed by atoms with Gasteiger partial charge in [-0.05, 0) is 0 Å². The zero-order valence-electron chi connectivity index (χ0n) is 10.1. The number of carbonyl (C=O) groups excluding carboxylic acids is 2. The van der Waals surface area contributed by atoms with Crippen molar-refractivity contribution >= 4 is 17.8 Å². The molecule has 0 radical (unpaired) electrons. The monoisotopic (exact) mass is 246 g/mol. The number of amides is 2. The van der Waals surface area contributed by atoms with Crippen LogP contribution in [0, 0.1) is 0 Å². The summed E-state index contributed by atoms with van der Waals surface area (Å²) in [6, 6.07) is 0. The minimum absolute atomic E-state index is 0.0812. The minimum Gasteiger partial charge on any atom is -0.481 e. The molecule has 0 heterocycles. The maximum Gasteiger partial charge on any atom is 0.303 e. The van der Waals surface area contributed by atoms with Crippen molar-refractivity contribution in [1.29, 1.82) is 0 Å². The Morgan fingerprint density at radius 3 is 2.47 bits per heavy atom. The second-order valence-corrected chi connectivity index (χ2v) is 3.49. The molecule has 0 aliphatic rings. The third kappa shape index (κ3) is 8.21. The predicted octanol–water partition coefficient (Wildman–Crippen LogP) is -0.928. The van der Waals surface area contributed by atoms with E-state index in [2.05, 4.69) is 5.32 Å². The SMILES string of the molecule is COCCNC(=O)CN(C)C(=O)CCC(=O)O. The molecule has 0 rings (SSSR count). The predicted molar refractivity (Wildman–Crippen MR) is 59.4 cm³/mol. The third-order valence-corrected chi connectivity index (χ3v) is 1.99.